The standard InChI is InChI=1S/C10H19N3OS/c1-8(10(7-14)15-3)11-4-9-5-12-13(2)6-9/h5-6,8,10-11,14H,4,7H2,1-3H3. The van der Waals surface area contributed by atoms with E-state index >= 15 is 0 Å². The summed E-state index contributed by atoms with van der Waals surface area (Å²) in [5.41, 5.74) is 1.17. The van der Waals surface area contributed by atoms with Crippen LogP contribution in [0.3, 0.4) is 0 Å². The van der Waals surface area contributed by atoms with Gasteiger partial charge in [-0.3, -0.25) is 4.68 Å². The highest BCUT2D eigenvalue weighted by atomic mass is 32.2. The van der Waals surface area contributed by atoms with E-state index in [2.05, 4.69) is 17.3 Å². The van der Waals surface area contributed by atoms with Crippen LogP contribution in [0.1, 0.15) is 12.5 Å². The molecule has 2 unspecified atom stereocenters. The zero-order valence-corrected chi connectivity index (χ0v) is 10.3. The molecule has 1 rings (SSSR count). The average Bonchev–Trinajstić information content (AvgIpc) is 2.63. The number of nitrogens with zero attached hydrogens (tertiary/aromatic N) is 2. The van der Waals surface area contributed by atoms with Gasteiger partial charge in [-0.15, -0.1) is 0 Å². The molecule has 0 radical (unpaired) electrons. The SMILES string of the molecule is CSC(CO)C(C)NCc1cnn(C)c1. The molecule has 86 valence electrons. The van der Waals surface area contributed by atoms with E-state index in [0.717, 1.165) is 6.54 Å². The molecule has 0 saturated carbocycles. The highest BCUT2D eigenvalue weighted by Crippen LogP contribution is 2.10. The minimum Gasteiger partial charge on any atom is -0.395 e. The Balaban J connectivity index is 2.36. The Kier molecular flexibility index (Phi) is 5.14. The number of thioether (sulfide) groups is 1. The molecule has 4 nitrogen and oxygen atoms in total. The van der Waals surface area contributed by atoms with Crippen LogP contribution in [0.25, 0.3) is 0 Å². The van der Waals surface area contributed by atoms with Gasteiger partial charge in [0.1, 0.15) is 0 Å². The fourth-order valence-electron chi connectivity index (χ4n) is 1.41. The van der Waals surface area contributed by atoms with Crippen molar-refractivity contribution in [3.63, 3.8) is 0 Å². The number of aliphatic hydroxyl groups excluding tert-OH is 1. The van der Waals surface area contributed by atoms with Crippen LogP contribution in [0.2, 0.25) is 0 Å². The molecule has 0 aliphatic rings. The Bertz CT molecular complexity index is 286. The lowest BCUT2D eigenvalue weighted by Gasteiger charge is -2.20. The molecule has 0 spiro atoms. The molecule has 0 aromatic carbocycles. The van der Waals surface area contributed by atoms with Crippen LogP contribution >= 0.6 is 11.8 Å². The molecule has 2 N–H and O–H groups in total. The van der Waals surface area contributed by atoms with Crippen molar-refractivity contribution in [1.29, 1.82) is 0 Å². The van der Waals surface area contributed by atoms with Crippen molar-refractivity contribution < 1.29 is 5.11 Å². The lowest BCUT2D eigenvalue weighted by molar-refractivity contribution is 0.276. The Hall–Kier alpha value is -0.520. The smallest absolute Gasteiger partial charge is 0.0564 e. The topological polar surface area (TPSA) is 50.1 Å². The maximum absolute atomic E-state index is 9.12. The van der Waals surface area contributed by atoms with Crippen LogP contribution in [0, 0.1) is 0 Å². The molecule has 1 aromatic heterocycles. The van der Waals surface area contributed by atoms with Gasteiger partial charge in [-0.2, -0.15) is 16.9 Å². The second kappa shape index (κ2) is 6.15. The molecule has 5 heteroatoms. The summed E-state index contributed by atoms with van der Waals surface area (Å²) in [4.78, 5) is 0. The van der Waals surface area contributed by atoms with E-state index in [9.17, 15) is 0 Å². The third-order valence-corrected chi connectivity index (χ3v) is 3.59. The van der Waals surface area contributed by atoms with Gasteiger partial charge in [0.2, 0.25) is 0 Å². The number of hydrogen-bond acceptors (Lipinski definition) is 4. The number of hydrogen-bond donors (Lipinski definition) is 2. The molecule has 15 heavy (non-hydrogen) atoms. The van der Waals surface area contributed by atoms with E-state index in [1.165, 1.54) is 5.56 Å². The molecule has 1 heterocycles. The summed E-state index contributed by atoms with van der Waals surface area (Å²) in [6, 6.07) is 0.296. The van der Waals surface area contributed by atoms with Gasteiger partial charge < -0.3 is 10.4 Å². The predicted octanol–water partition coefficient (Wildman–Crippen LogP) is 0.622. The molecule has 0 aliphatic carbocycles. The zero-order chi connectivity index (χ0) is 11.3. The minimum atomic E-state index is 0.211. The monoisotopic (exact) mass is 229 g/mol. The Morgan fingerprint density at radius 2 is 2.40 bits per heavy atom. The fraction of sp³-hybridized carbons (Fsp3) is 0.700. The quantitative estimate of drug-likeness (QED) is 0.751. The summed E-state index contributed by atoms with van der Waals surface area (Å²) in [6.07, 6.45) is 5.86. The van der Waals surface area contributed by atoms with Gasteiger partial charge in [-0.1, -0.05) is 0 Å². The number of aliphatic hydroxyl groups is 1. The molecular formula is C10H19N3OS. The van der Waals surface area contributed by atoms with Crippen molar-refractivity contribution in [2.24, 2.45) is 7.05 Å². The van der Waals surface area contributed by atoms with Crippen molar-refractivity contribution in [3.8, 4) is 0 Å². The number of rotatable bonds is 6. The summed E-state index contributed by atoms with van der Waals surface area (Å²) in [7, 11) is 1.91. The highest BCUT2D eigenvalue weighted by Gasteiger charge is 2.14. The molecule has 1 aromatic rings. The van der Waals surface area contributed by atoms with E-state index in [1.54, 1.807) is 16.4 Å². The molecule has 0 saturated heterocycles. The Morgan fingerprint density at radius 1 is 1.67 bits per heavy atom. The normalized spacial score (nSPS) is 15.2. The summed E-state index contributed by atoms with van der Waals surface area (Å²) in [6.45, 7) is 3.10. The molecule has 0 fully saturated rings. The minimum absolute atomic E-state index is 0.211. The molecule has 0 aliphatic heterocycles. The molecule has 2 atom stereocenters. The van der Waals surface area contributed by atoms with Gasteiger partial charge in [0, 0.05) is 36.6 Å². The van der Waals surface area contributed by atoms with Crippen LogP contribution in [0.4, 0.5) is 0 Å². The Morgan fingerprint density at radius 3 is 2.87 bits per heavy atom. The van der Waals surface area contributed by atoms with Crippen molar-refractivity contribution in [2.75, 3.05) is 12.9 Å². The molecular weight excluding hydrogens is 210 g/mol. The zero-order valence-electron chi connectivity index (χ0n) is 9.47. The maximum atomic E-state index is 9.12. The van der Waals surface area contributed by atoms with Gasteiger partial charge in [0.05, 0.1) is 12.8 Å². The first kappa shape index (κ1) is 12.5. The molecule has 0 amide bonds. The van der Waals surface area contributed by atoms with Gasteiger partial charge in [-0.25, -0.2) is 0 Å². The third-order valence-electron chi connectivity index (χ3n) is 2.43. The Labute approximate surface area is 95.1 Å². The lowest BCUT2D eigenvalue weighted by Crippen LogP contribution is -2.36. The van der Waals surface area contributed by atoms with Crippen molar-refractivity contribution in [1.82, 2.24) is 15.1 Å². The van der Waals surface area contributed by atoms with Crippen molar-refractivity contribution in [3.05, 3.63) is 18.0 Å². The van der Waals surface area contributed by atoms with Gasteiger partial charge in [0.15, 0.2) is 0 Å². The highest BCUT2D eigenvalue weighted by molar-refractivity contribution is 7.99. The number of nitrogens with one attached hydrogen (secondary N) is 1. The van der Waals surface area contributed by atoms with Crippen LogP contribution in [0.5, 0.6) is 0 Å². The van der Waals surface area contributed by atoms with Crippen LogP contribution in [0.15, 0.2) is 12.4 Å². The second-order valence-corrected chi connectivity index (χ2v) is 4.73. The summed E-state index contributed by atoms with van der Waals surface area (Å²) < 4.78 is 1.79. The molecule has 0 bridgehead atoms. The lowest BCUT2D eigenvalue weighted by atomic mass is 10.2. The van der Waals surface area contributed by atoms with Crippen molar-refractivity contribution in [2.45, 2.75) is 24.8 Å². The number of aromatic nitrogens is 2. The van der Waals surface area contributed by atoms with E-state index < -0.39 is 0 Å². The summed E-state index contributed by atoms with van der Waals surface area (Å²) in [5, 5.41) is 16.9. The van der Waals surface area contributed by atoms with E-state index in [1.807, 2.05) is 25.7 Å². The first-order valence-electron chi connectivity index (χ1n) is 5.02. The van der Waals surface area contributed by atoms with Gasteiger partial charge in [0.25, 0.3) is 0 Å². The third kappa shape index (κ3) is 3.85. The van der Waals surface area contributed by atoms with E-state index in [0.29, 0.717) is 6.04 Å². The van der Waals surface area contributed by atoms with Crippen LogP contribution in [-0.2, 0) is 13.6 Å². The van der Waals surface area contributed by atoms with E-state index in [4.69, 9.17) is 5.11 Å². The van der Waals surface area contributed by atoms with Gasteiger partial charge >= 0.3 is 0 Å². The largest absolute Gasteiger partial charge is 0.395 e. The van der Waals surface area contributed by atoms with Gasteiger partial charge in [-0.05, 0) is 13.2 Å². The predicted molar refractivity (Wildman–Crippen MR) is 63.9 cm³/mol. The first-order chi connectivity index (χ1) is 7.17. The fourth-order valence-corrected chi connectivity index (χ4v) is 2.06. The summed E-state index contributed by atoms with van der Waals surface area (Å²) in [5.74, 6) is 0. The number of aryl methyl sites for hydroxylation is 1. The van der Waals surface area contributed by atoms with Crippen LogP contribution in [-0.4, -0.2) is 39.0 Å². The summed E-state index contributed by atoms with van der Waals surface area (Å²) >= 11 is 1.69. The van der Waals surface area contributed by atoms with Crippen molar-refractivity contribution >= 4 is 11.8 Å². The maximum Gasteiger partial charge on any atom is 0.0564 e. The van der Waals surface area contributed by atoms with Crippen LogP contribution < -0.4 is 5.32 Å². The second-order valence-electron chi connectivity index (χ2n) is 3.65. The van der Waals surface area contributed by atoms with E-state index in [-0.39, 0.29) is 11.9 Å². The first-order valence-corrected chi connectivity index (χ1v) is 6.30. The average molecular weight is 229 g/mol.